The van der Waals surface area contributed by atoms with Gasteiger partial charge in [-0.25, -0.2) is 0 Å². The van der Waals surface area contributed by atoms with Crippen molar-refractivity contribution in [1.29, 1.82) is 0 Å². The van der Waals surface area contributed by atoms with Gasteiger partial charge >= 0.3 is 0 Å². The topological polar surface area (TPSA) is 81.8 Å². The van der Waals surface area contributed by atoms with E-state index in [0.717, 1.165) is 11.4 Å². The van der Waals surface area contributed by atoms with Crippen LogP contribution < -0.4 is 10.0 Å². The molecule has 1 amide bonds. The van der Waals surface area contributed by atoms with Gasteiger partial charge in [0, 0.05) is 12.1 Å². The molecule has 0 aliphatic rings. The van der Waals surface area contributed by atoms with Gasteiger partial charge in [-0.05, 0) is 6.42 Å². The van der Waals surface area contributed by atoms with Gasteiger partial charge in [-0.2, -0.15) is 4.73 Å². The van der Waals surface area contributed by atoms with E-state index in [0.29, 0.717) is 15.4 Å². The normalized spacial score (nSPS) is 10.2. The highest BCUT2D eigenvalue weighted by molar-refractivity contribution is 7.15. The molecule has 0 saturated heterocycles. The van der Waals surface area contributed by atoms with Crippen LogP contribution in [0.15, 0.2) is 24.5 Å². The lowest BCUT2D eigenvalue weighted by Crippen LogP contribution is -2.25. The van der Waals surface area contributed by atoms with E-state index in [1.165, 1.54) is 35.9 Å². The maximum absolute atomic E-state index is 11.7. The average molecular weight is 250 g/mol. The molecule has 6 nitrogen and oxygen atoms in total. The molecule has 0 aliphatic carbocycles. The van der Waals surface area contributed by atoms with E-state index in [4.69, 9.17) is 0 Å². The Bertz CT molecular complexity index is 523. The van der Waals surface area contributed by atoms with E-state index in [-0.39, 0.29) is 5.91 Å². The first kappa shape index (κ1) is 11.5. The SMILES string of the molecule is CCc1nnc(NC(=O)c2cc[n+]([O-])cc2)s1. The summed E-state index contributed by atoms with van der Waals surface area (Å²) in [5, 5.41) is 22.5. The molecule has 0 aliphatic heterocycles. The standard InChI is InChI=1S/C10H10N4O2S/c1-2-8-12-13-10(17-8)11-9(15)7-3-5-14(16)6-4-7/h3-6H,2H2,1H3,(H,11,13,15). The lowest BCUT2D eigenvalue weighted by molar-refractivity contribution is -0.605. The molecule has 2 rings (SSSR count). The number of carbonyl (C=O) groups is 1. The number of nitrogens with zero attached hydrogens (tertiary/aromatic N) is 3. The number of amides is 1. The maximum Gasteiger partial charge on any atom is 0.257 e. The molecule has 0 unspecified atom stereocenters. The molecule has 17 heavy (non-hydrogen) atoms. The molecule has 0 atom stereocenters. The minimum atomic E-state index is -0.301. The van der Waals surface area contributed by atoms with Gasteiger partial charge in [-0.15, -0.1) is 10.2 Å². The predicted octanol–water partition coefficient (Wildman–Crippen LogP) is 0.986. The van der Waals surface area contributed by atoms with Crippen LogP contribution in [0.3, 0.4) is 0 Å². The van der Waals surface area contributed by atoms with Crippen LogP contribution in [0.1, 0.15) is 22.3 Å². The second-order valence-corrected chi connectivity index (χ2v) is 4.32. The molecule has 0 saturated carbocycles. The third kappa shape index (κ3) is 2.76. The molecule has 0 aromatic carbocycles. The zero-order valence-electron chi connectivity index (χ0n) is 9.08. The van der Waals surface area contributed by atoms with Crippen LogP contribution >= 0.6 is 11.3 Å². The van der Waals surface area contributed by atoms with Gasteiger partial charge in [0.2, 0.25) is 5.13 Å². The Labute approximate surface area is 102 Å². The van der Waals surface area contributed by atoms with Gasteiger partial charge in [0.05, 0.1) is 5.56 Å². The van der Waals surface area contributed by atoms with Crippen LogP contribution in [0, 0.1) is 5.21 Å². The van der Waals surface area contributed by atoms with Crippen molar-refractivity contribution in [1.82, 2.24) is 10.2 Å². The monoisotopic (exact) mass is 250 g/mol. The molecule has 2 aromatic rings. The summed E-state index contributed by atoms with van der Waals surface area (Å²) in [7, 11) is 0. The molecule has 0 fully saturated rings. The first-order chi connectivity index (χ1) is 8.19. The van der Waals surface area contributed by atoms with Crippen LogP contribution in [0.2, 0.25) is 0 Å². The van der Waals surface area contributed by atoms with E-state index >= 15 is 0 Å². The first-order valence-electron chi connectivity index (χ1n) is 5.01. The summed E-state index contributed by atoms with van der Waals surface area (Å²) in [6.45, 7) is 1.97. The molecular weight excluding hydrogens is 240 g/mol. The van der Waals surface area contributed by atoms with Crippen LogP contribution in [-0.4, -0.2) is 16.1 Å². The van der Waals surface area contributed by atoms with Crippen molar-refractivity contribution in [2.24, 2.45) is 0 Å². The summed E-state index contributed by atoms with van der Waals surface area (Å²) in [4.78, 5) is 11.7. The Morgan fingerprint density at radius 3 is 2.76 bits per heavy atom. The third-order valence-electron chi connectivity index (χ3n) is 2.05. The fraction of sp³-hybridized carbons (Fsp3) is 0.200. The number of aryl methyl sites for hydroxylation is 1. The Balaban J connectivity index is 2.08. The fourth-order valence-electron chi connectivity index (χ4n) is 1.18. The minimum Gasteiger partial charge on any atom is -0.619 e. The maximum atomic E-state index is 11.7. The highest BCUT2D eigenvalue weighted by atomic mass is 32.1. The van der Waals surface area contributed by atoms with Crippen molar-refractivity contribution >= 4 is 22.4 Å². The summed E-state index contributed by atoms with van der Waals surface area (Å²) in [6, 6.07) is 2.90. The largest absolute Gasteiger partial charge is 0.619 e. The minimum absolute atomic E-state index is 0.301. The van der Waals surface area contributed by atoms with E-state index in [2.05, 4.69) is 15.5 Å². The highest BCUT2D eigenvalue weighted by Crippen LogP contribution is 2.16. The molecule has 1 N–H and O–H groups in total. The van der Waals surface area contributed by atoms with Crippen molar-refractivity contribution in [2.75, 3.05) is 5.32 Å². The van der Waals surface area contributed by atoms with Crippen molar-refractivity contribution < 1.29 is 9.52 Å². The van der Waals surface area contributed by atoms with E-state index in [9.17, 15) is 10.0 Å². The van der Waals surface area contributed by atoms with Crippen molar-refractivity contribution in [3.8, 4) is 0 Å². The summed E-state index contributed by atoms with van der Waals surface area (Å²) in [6.07, 6.45) is 3.33. The summed E-state index contributed by atoms with van der Waals surface area (Å²) < 4.78 is 0.622. The Kier molecular flexibility index (Phi) is 3.29. The predicted molar refractivity (Wildman–Crippen MR) is 62.6 cm³/mol. The molecule has 2 aromatic heterocycles. The number of carbonyl (C=O) groups excluding carboxylic acids is 1. The molecule has 2 heterocycles. The van der Waals surface area contributed by atoms with Gasteiger partial charge in [-0.1, -0.05) is 18.3 Å². The van der Waals surface area contributed by atoms with Crippen LogP contribution in [0.4, 0.5) is 5.13 Å². The second-order valence-electron chi connectivity index (χ2n) is 3.26. The zero-order valence-corrected chi connectivity index (χ0v) is 9.90. The molecule has 88 valence electrons. The average Bonchev–Trinajstić information content (AvgIpc) is 2.77. The van der Waals surface area contributed by atoms with E-state index in [1.807, 2.05) is 6.92 Å². The lowest BCUT2D eigenvalue weighted by Gasteiger charge is -2.00. The molecule has 7 heteroatoms. The first-order valence-corrected chi connectivity index (χ1v) is 5.83. The van der Waals surface area contributed by atoms with Crippen molar-refractivity contribution in [3.05, 3.63) is 40.3 Å². The third-order valence-corrected chi connectivity index (χ3v) is 3.04. The van der Waals surface area contributed by atoms with E-state index in [1.54, 1.807) is 0 Å². The van der Waals surface area contributed by atoms with Gasteiger partial charge in [-0.3, -0.25) is 10.1 Å². The lowest BCUT2D eigenvalue weighted by atomic mass is 10.2. The molecule has 0 bridgehead atoms. The zero-order chi connectivity index (χ0) is 12.3. The summed E-state index contributed by atoms with van der Waals surface area (Å²) in [5.74, 6) is -0.301. The van der Waals surface area contributed by atoms with Gasteiger partial charge in [0.25, 0.3) is 5.91 Å². The van der Waals surface area contributed by atoms with E-state index < -0.39 is 0 Å². The van der Waals surface area contributed by atoms with Crippen LogP contribution in [0.5, 0.6) is 0 Å². The Hall–Kier alpha value is -2.02. The quantitative estimate of drug-likeness (QED) is 0.650. The molecule has 0 spiro atoms. The summed E-state index contributed by atoms with van der Waals surface area (Å²) in [5.41, 5.74) is 0.408. The number of hydrogen-bond acceptors (Lipinski definition) is 5. The second kappa shape index (κ2) is 4.88. The Morgan fingerprint density at radius 2 is 2.18 bits per heavy atom. The molecule has 0 radical (unpaired) electrons. The number of hydrogen-bond donors (Lipinski definition) is 1. The smallest absolute Gasteiger partial charge is 0.257 e. The van der Waals surface area contributed by atoms with Crippen molar-refractivity contribution in [2.45, 2.75) is 13.3 Å². The fourth-order valence-corrected chi connectivity index (χ4v) is 1.85. The van der Waals surface area contributed by atoms with Crippen molar-refractivity contribution in [3.63, 3.8) is 0 Å². The molecular formula is C10H10N4O2S. The van der Waals surface area contributed by atoms with Gasteiger partial charge in [0.15, 0.2) is 12.4 Å². The summed E-state index contributed by atoms with van der Waals surface area (Å²) >= 11 is 1.34. The Morgan fingerprint density at radius 1 is 1.47 bits per heavy atom. The number of aromatic nitrogens is 3. The number of nitrogens with one attached hydrogen (secondary N) is 1. The number of rotatable bonds is 3. The highest BCUT2D eigenvalue weighted by Gasteiger charge is 2.10. The van der Waals surface area contributed by atoms with Gasteiger partial charge < -0.3 is 5.21 Å². The van der Waals surface area contributed by atoms with Gasteiger partial charge in [0.1, 0.15) is 5.01 Å². The number of pyridine rings is 1. The van der Waals surface area contributed by atoms with Crippen LogP contribution in [0.25, 0.3) is 0 Å². The van der Waals surface area contributed by atoms with Crippen LogP contribution in [-0.2, 0) is 6.42 Å². The number of anilines is 1.